The lowest BCUT2D eigenvalue weighted by molar-refractivity contribution is 0.0973. The molecule has 0 amide bonds. The zero-order valence-electron chi connectivity index (χ0n) is 13.0. The summed E-state index contributed by atoms with van der Waals surface area (Å²) in [5.74, 6) is 1.26. The molecule has 1 saturated heterocycles. The minimum Gasteiger partial charge on any atom is -0.396 e. The molecule has 0 bridgehead atoms. The number of anilines is 1. The lowest BCUT2D eigenvalue weighted by Crippen LogP contribution is -2.48. The van der Waals surface area contributed by atoms with E-state index in [-0.39, 0.29) is 0 Å². The fourth-order valence-electron chi connectivity index (χ4n) is 3.92. The Labute approximate surface area is 128 Å². The van der Waals surface area contributed by atoms with Gasteiger partial charge in [-0.25, -0.2) is 0 Å². The van der Waals surface area contributed by atoms with Crippen LogP contribution in [-0.2, 0) is 0 Å². The summed E-state index contributed by atoms with van der Waals surface area (Å²) in [4.78, 5) is 5.10. The highest BCUT2D eigenvalue weighted by Gasteiger charge is 2.27. The SMILES string of the molecule is OC[C@@H]1CCCC[C@H]1CN1CCN(c2ccccc2)CC1. The first-order valence-corrected chi connectivity index (χ1v) is 8.50. The summed E-state index contributed by atoms with van der Waals surface area (Å²) < 4.78 is 0. The summed E-state index contributed by atoms with van der Waals surface area (Å²) in [5, 5.41) is 9.55. The Morgan fingerprint density at radius 2 is 1.57 bits per heavy atom. The molecule has 1 aromatic carbocycles. The summed E-state index contributed by atoms with van der Waals surface area (Å²) in [6, 6.07) is 10.7. The van der Waals surface area contributed by atoms with E-state index in [9.17, 15) is 5.11 Å². The third kappa shape index (κ3) is 3.78. The number of para-hydroxylation sites is 1. The smallest absolute Gasteiger partial charge is 0.0462 e. The average Bonchev–Trinajstić information content (AvgIpc) is 2.57. The molecule has 21 heavy (non-hydrogen) atoms. The van der Waals surface area contributed by atoms with Gasteiger partial charge in [0.2, 0.25) is 0 Å². The van der Waals surface area contributed by atoms with Gasteiger partial charge in [-0.2, -0.15) is 0 Å². The second-order valence-electron chi connectivity index (χ2n) is 6.61. The van der Waals surface area contributed by atoms with Crippen molar-refractivity contribution >= 4 is 5.69 Å². The highest BCUT2D eigenvalue weighted by Crippen LogP contribution is 2.30. The Kier molecular flexibility index (Phi) is 5.15. The van der Waals surface area contributed by atoms with E-state index in [1.165, 1.54) is 37.9 Å². The predicted molar refractivity (Wildman–Crippen MR) is 87.6 cm³/mol. The maximum atomic E-state index is 9.55. The van der Waals surface area contributed by atoms with Crippen molar-refractivity contribution in [2.24, 2.45) is 11.8 Å². The van der Waals surface area contributed by atoms with Crippen molar-refractivity contribution in [1.82, 2.24) is 4.90 Å². The van der Waals surface area contributed by atoms with Crippen LogP contribution in [0.2, 0.25) is 0 Å². The van der Waals surface area contributed by atoms with Crippen molar-refractivity contribution in [3.8, 4) is 0 Å². The molecule has 0 spiro atoms. The zero-order chi connectivity index (χ0) is 14.5. The standard InChI is InChI=1S/C18H28N2O/c21-15-17-7-5-4-6-16(17)14-19-10-12-20(13-11-19)18-8-2-1-3-9-18/h1-3,8-9,16-17,21H,4-7,10-15H2/t16-,17-/m0/s1. The van der Waals surface area contributed by atoms with Gasteiger partial charge in [0.1, 0.15) is 0 Å². The molecule has 116 valence electrons. The lowest BCUT2D eigenvalue weighted by atomic mass is 9.79. The number of aliphatic hydroxyl groups is 1. The Morgan fingerprint density at radius 1 is 0.905 bits per heavy atom. The van der Waals surface area contributed by atoms with Crippen LogP contribution in [0.3, 0.4) is 0 Å². The molecule has 3 rings (SSSR count). The quantitative estimate of drug-likeness (QED) is 0.922. The number of aliphatic hydroxyl groups excluding tert-OH is 1. The van der Waals surface area contributed by atoms with Crippen molar-refractivity contribution in [2.75, 3.05) is 44.2 Å². The molecule has 1 aliphatic carbocycles. The van der Waals surface area contributed by atoms with E-state index >= 15 is 0 Å². The molecule has 1 saturated carbocycles. The molecule has 2 aliphatic rings. The van der Waals surface area contributed by atoms with Gasteiger partial charge in [0.05, 0.1) is 0 Å². The number of piperazine rings is 1. The van der Waals surface area contributed by atoms with Crippen molar-refractivity contribution in [3.63, 3.8) is 0 Å². The van der Waals surface area contributed by atoms with Gasteiger partial charge in [0.25, 0.3) is 0 Å². The van der Waals surface area contributed by atoms with Crippen molar-refractivity contribution in [3.05, 3.63) is 30.3 Å². The van der Waals surface area contributed by atoms with Crippen LogP contribution < -0.4 is 4.90 Å². The molecule has 2 atom stereocenters. The largest absolute Gasteiger partial charge is 0.396 e. The molecule has 1 heterocycles. The van der Waals surface area contributed by atoms with Gasteiger partial charge in [-0.3, -0.25) is 4.90 Å². The monoisotopic (exact) mass is 288 g/mol. The second kappa shape index (κ2) is 7.28. The van der Waals surface area contributed by atoms with Gasteiger partial charge in [-0.1, -0.05) is 31.0 Å². The average molecular weight is 288 g/mol. The second-order valence-corrected chi connectivity index (χ2v) is 6.61. The first-order chi connectivity index (χ1) is 10.4. The lowest BCUT2D eigenvalue weighted by Gasteiger charge is -2.40. The van der Waals surface area contributed by atoms with E-state index in [2.05, 4.69) is 40.1 Å². The van der Waals surface area contributed by atoms with Gasteiger partial charge in [0, 0.05) is 45.0 Å². The summed E-state index contributed by atoms with van der Waals surface area (Å²) in [6.07, 6.45) is 5.20. The highest BCUT2D eigenvalue weighted by atomic mass is 16.3. The molecule has 1 aromatic rings. The topological polar surface area (TPSA) is 26.7 Å². The molecule has 0 radical (unpaired) electrons. The van der Waals surface area contributed by atoms with Crippen LogP contribution >= 0.6 is 0 Å². The number of nitrogens with zero attached hydrogens (tertiary/aromatic N) is 2. The van der Waals surface area contributed by atoms with Gasteiger partial charge in [0.15, 0.2) is 0 Å². The van der Waals surface area contributed by atoms with E-state index in [1.54, 1.807) is 0 Å². The minimum atomic E-state index is 0.384. The van der Waals surface area contributed by atoms with E-state index in [4.69, 9.17) is 0 Å². The van der Waals surface area contributed by atoms with Gasteiger partial charge >= 0.3 is 0 Å². The van der Waals surface area contributed by atoms with Crippen LogP contribution in [0, 0.1) is 11.8 Å². The third-order valence-electron chi connectivity index (χ3n) is 5.29. The molecule has 2 fully saturated rings. The first-order valence-electron chi connectivity index (χ1n) is 8.50. The van der Waals surface area contributed by atoms with E-state index < -0.39 is 0 Å². The third-order valence-corrected chi connectivity index (χ3v) is 5.29. The Balaban J connectivity index is 1.49. The van der Waals surface area contributed by atoms with E-state index in [0.29, 0.717) is 18.4 Å². The van der Waals surface area contributed by atoms with Crippen LogP contribution in [0.4, 0.5) is 5.69 Å². The molecule has 3 nitrogen and oxygen atoms in total. The molecule has 1 aliphatic heterocycles. The molecular weight excluding hydrogens is 260 g/mol. The molecule has 3 heteroatoms. The summed E-state index contributed by atoms with van der Waals surface area (Å²) in [7, 11) is 0. The summed E-state index contributed by atoms with van der Waals surface area (Å²) in [6.45, 7) is 6.14. The van der Waals surface area contributed by atoms with Gasteiger partial charge in [-0.15, -0.1) is 0 Å². The van der Waals surface area contributed by atoms with Crippen LogP contribution in [-0.4, -0.2) is 49.3 Å². The van der Waals surface area contributed by atoms with Gasteiger partial charge in [-0.05, 0) is 36.8 Å². The van der Waals surface area contributed by atoms with Gasteiger partial charge < -0.3 is 10.0 Å². The summed E-state index contributed by atoms with van der Waals surface area (Å²) >= 11 is 0. The van der Waals surface area contributed by atoms with Crippen molar-refractivity contribution < 1.29 is 5.11 Å². The van der Waals surface area contributed by atoms with Crippen LogP contribution in [0.5, 0.6) is 0 Å². The molecule has 0 aromatic heterocycles. The Bertz CT molecular complexity index is 414. The molecule has 1 N–H and O–H groups in total. The highest BCUT2D eigenvalue weighted by molar-refractivity contribution is 5.46. The fourth-order valence-corrected chi connectivity index (χ4v) is 3.92. The number of rotatable bonds is 4. The zero-order valence-corrected chi connectivity index (χ0v) is 13.0. The van der Waals surface area contributed by atoms with Crippen LogP contribution in [0.15, 0.2) is 30.3 Å². The van der Waals surface area contributed by atoms with Crippen molar-refractivity contribution in [1.29, 1.82) is 0 Å². The Hall–Kier alpha value is -1.06. The predicted octanol–water partition coefficient (Wildman–Crippen LogP) is 2.61. The maximum absolute atomic E-state index is 9.55. The van der Waals surface area contributed by atoms with Crippen LogP contribution in [0.1, 0.15) is 25.7 Å². The van der Waals surface area contributed by atoms with E-state index in [0.717, 1.165) is 26.2 Å². The van der Waals surface area contributed by atoms with E-state index in [1.807, 2.05) is 0 Å². The molecule has 0 unspecified atom stereocenters. The molecular formula is C18H28N2O. The maximum Gasteiger partial charge on any atom is 0.0462 e. The first kappa shape index (κ1) is 14.9. The Morgan fingerprint density at radius 3 is 2.24 bits per heavy atom. The minimum absolute atomic E-state index is 0.384. The van der Waals surface area contributed by atoms with Crippen molar-refractivity contribution in [2.45, 2.75) is 25.7 Å². The fraction of sp³-hybridized carbons (Fsp3) is 0.667. The number of hydrogen-bond acceptors (Lipinski definition) is 3. The summed E-state index contributed by atoms with van der Waals surface area (Å²) in [5.41, 5.74) is 1.35. The van der Waals surface area contributed by atoms with Crippen LogP contribution in [0.25, 0.3) is 0 Å². The normalized spacial score (nSPS) is 27.8. The number of hydrogen-bond donors (Lipinski definition) is 1. The number of benzene rings is 1.